The summed E-state index contributed by atoms with van der Waals surface area (Å²) < 4.78 is 11.7. The molecule has 31 rings (SSSR count). The highest BCUT2D eigenvalue weighted by atomic mass is 32.1. The average molecular weight is 1880 g/mol. The van der Waals surface area contributed by atoms with Gasteiger partial charge in [0.1, 0.15) is 0 Å². The highest BCUT2D eigenvalue weighted by molar-refractivity contribution is 7.25. The molecule has 0 aliphatic heterocycles. The van der Waals surface area contributed by atoms with Crippen molar-refractivity contribution in [2.75, 3.05) is 0 Å². The number of rotatable bonds is 10. The molecule has 0 N–H and O–H groups in total. The van der Waals surface area contributed by atoms with E-state index < -0.39 is 0 Å². The van der Waals surface area contributed by atoms with Crippen molar-refractivity contribution < 1.29 is 0 Å². The predicted octanol–water partition coefficient (Wildman–Crippen LogP) is 35.4. The maximum absolute atomic E-state index is 5.49. The third-order valence-electron chi connectivity index (χ3n) is 30.1. The number of thiophene rings is 1. The fourth-order valence-corrected chi connectivity index (χ4v) is 24.2. The Morgan fingerprint density at radius 2 is 0.486 bits per heavy atom. The lowest BCUT2D eigenvalue weighted by Crippen LogP contribution is -2.14. The Balaban J connectivity index is 0.000000104. The Kier molecular flexibility index (Phi) is 19.4. The molecule has 146 heavy (non-hydrogen) atoms. The molecule has 0 spiro atoms. The number of nitrogens with zero attached hydrogens (tertiary/aromatic N) is 10. The Hall–Kier alpha value is -18.9. The molecule has 8 heterocycles. The van der Waals surface area contributed by atoms with Gasteiger partial charge >= 0.3 is 0 Å². The molecule has 8 aromatic heterocycles. The molecule has 30 aromatic rings. The van der Waals surface area contributed by atoms with Gasteiger partial charge in [0.15, 0.2) is 0 Å². The van der Waals surface area contributed by atoms with Crippen molar-refractivity contribution in [1.29, 1.82) is 0 Å². The largest absolute Gasteiger partial charge is 0.309 e. The SMILES string of the molecule is CC1(C)c2ccccc2-c2cc(-c3nc(-n4c5ccccc5c5cc6ccccc6cc54)nc4cc(-c5ccccc5)ccc34)ccc21.c1ccc(-c2ccc3c(-c4ccc5c(c4)c4ccccc4n5-c4ccccc4)nc(-n4c5ccccc5c5cc6ccccc6cc54)nc3c2)cc1.c1ccc(-c2ccc3c(-c4ccc5sc6ccccc6c5c4)nc(-n4c5ccccc5c5cc6ccccc6cc54)nc3c2)cc1. The van der Waals surface area contributed by atoms with Crippen LogP contribution in [0.5, 0.6) is 0 Å². The van der Waals surface area contributed by atoms with Crippen LogP contribution in [0.1, 0.15) is 25.0 Å². The summed E-state index contributed by atoms with van der Waals surface area (Å²) in [6.07, 6.45) is 0. The van der Waals surface area contributed by atoms with Crippen molar-refractivity contribution >= 4 is 184 Å². The molecule has 682 valence electrons. The first-order chi connectivity index (χ1) is 72.1. The van der Waals surface area contributed by atoms with E-state index in [0.717, 1.165) is 133 Å². The second-order valence-electron chi connectivity index (χ2n) is 38.8. The Morgan fingerprint density at radius 3 is 0.925 bits per heavy atom. The van der Waals surface area contributed by atoms with Gasteiger partial charge in [-0.1, -0.05) is 354 Å². The van der Waals surface area contributed by atoms with E-state index in [4.69, 9.17) is 29.9 Å². The van der Waals surface area contributed by atoms with Crippen molar-refractivity contribution in [2.24, 2.45) is 0 Å². The van der Waals surface area contributed by atoms with E-state index >= 15 is 0 Å². The summed E-state index contributed by atoms with van der Waals surface area (Å²) in [5.41, 5.74) is 30.9. The first kappa shape index (κ1) is 84.0. The monoisotopic (exact) mass is 1880 g/mol. The fraction of sp³-hybridized carbons (Fsp3) is 0.0222. The average Bonchev–Trinajstić information content (AvgIpc) is 1.55. The van der Waals surface area contributed by atoms with Gasteiger partial charge in [-0.2, -0.15) is 0 Å². The smallest absolute Gasteiger partial charge is 0.235 e. The van der Waals surface area contributed by atoms with Crippen LogP contribution in [0, 0.1) is 0 Å². The van der Waals surface area contributed by atoms with Gasteiger partial charge in [-0.15, -0.1) is 11.3 Å². The lowest BCUT2D eigenvalue weighted by atomic mass is 9.82. The zero-order chi connectivity index (χ0) is 96.3. The summed E-state index contributed by atoms with van der Waals surface area (Å²) in [6, 6.07) is 174. The topological polar surface area (TPSA) is 97.1 Å². The second kappa shape index (κ2) is 33.6. The molecule has 0 radical (unpaired) electrons. The number of aromatic nitrogens is 10. The lowest BCUT2D eigenvalue weighted by molar-refractivity contribution is 0.660. The molecule has 0 unspecified atom stereocenters. The van der Waals surface area contributed by atoms with E-state index in [2.05, 4.69) is 517 Å². The van der Waals surface area contributed by atoms with Gasteiger partial charge < -0.3 is 4.57 Å². The van der Waals surface area contributed by atoms with Crippen molar-refractivity contribution in [2.45, 2.75) is 19.3 Å². The molecule has 0 fully saturated rings. The lowest BCUT2D eigenvalue weighted by Gasteiger charge is -2.21. The van der Waals surface area contributed by atoms with Crippen LogP contribution in [-0.4, -0.2) is 48.2 Å². The number of hydrogen-bond acceptors (Lipinski definition) is 7. The van der Waals surface area contributed by atoms with Gasteiger partial charge in [0, 0.05) is 107 Å². The first-order valence-corrected chi connectivity index (χ1v) is 50.6. The molecule has 1 aliphatic carbocycles. The summed E-state index contributed by atoms with van der Waals surface area (Å²) in [4.78, 5) is 32.4. The molecule has 10 nitrogen and oxygen atoms in total. The van der Waals surface area contributed by atoms with E-state index in [-0.39, 0.29) is 5.41 Å². The van der Waals surface area contributed by atoms with Gasteiger partial charge in [0.05, 0.1) is 77.8 Å². The number of benzene rings is 22. The normalized spacial score (nSPS) is 12.4. The van der Waals surface area contributed by atoms with Gasteiger partial charge in [-0.25, -0.2) is 29.9 Å². The van der Waals surface area contributed by atoms with Gasteiger partial charge in [-0.3, -0.25) is 13.7 Å². The molecule has 0 saturated heterocycles. The van der Waals surface area contributed by atoms with E-state index in [0.29, 0.717) is 17.8 Å². The third-order valence-corrected chi connectivity index (χ3v) is 31.2. The van der Waals surface area contributed by atoms with Crippen LogP contribution in [0.25, 0.3) is 274 Å². The Labute approximate surface area is 843 Å². The minimum Gasteiger partial charge on any atom is -0.309 e. The van der Waals surface area contributed by atoms with Gasteiger partial charge in [-0.05, 0) is 234 Å². The Bertz CT molecular complexity index is 10600. The highest BCUT2D eigenvalue weighted by Crippen LogP contribution is 2.52. The molecule has 0 amide bonds. The summed E-state index contributed by atoms with van der Waals surface area (Å²) in [6.45, 7) is 4.65. The molecule has 1 aliphatic rings. The Morgan fingerprint density at radius 1 is 0.178 bits per heavy atom. The standard InChI is InChI=1S/C48H30N4.C45H31N3.C42H25N3S/c1-3-13-31(14-4-1)34-23-25-39-42(29-34)49-48(52-44-22-12-10-20-38(44)41-27-32-15-7-8-16-33(32)30-46(41)52)50-47(39)35-24-26-45-40(28-35)37-19-9-11-21-43(37)51(45)36-17-5-2-6-18-36;1-45(2)38-18-10-8-16-33(38)36-25-32(21-23-39(36)45)43-35-22-20-31(28-12-4-3-5-13-28)26-40(35)46-44(47-43)48-41-19-11-9-17-34(41)37-24-29-14-6-7-15-30(29)27-42(37)48;1-2-10-26(11-3-1)29-18-20-33-36(24-29)43-42(44-41(33)30-19-21-40-35(23-30)32-15-7-9-17-39(32)46-40)45-37-16-8-6-14-31(37)34-22-27-12-4-5-13-28(27)25-38(34)45/h1-30H;3-27H,1-2H3;1-25H. The van der Waals surface area contributed by atoms with Crippen LogP contribution in [0.2, 0.25) is 0 Å². The zero-order valence-corrected chi connectivity index (χ0v) is 80.4. The molecule has 0 atom stereocenters. The molecule has 0 saturated carbocycles. The van der Waals surface area contributed by atoms with Crippen LogP contribution in [0.4, 0.5) is 0 Å². The van der Waals surface area contributed by atoms with Gasteiger partial charge in [0.25, 0.3) is 0 Å². The zero-order valence-electron chi connectivity index (χ0n) is 79.6. The van der Waals surface area contributed by atoms with Crippen LogP contribution >= 0.6 is 11.3 Å². The van der Waals surface area contributed by atoms with E-state index in [1.807, 2.05) is 11.3 Å². The summed E-state index contributed by atoms with van der Waals surface area (Å²) in [5, 5.41) is 22.4. The number of fused-ring (bicyclic) bond motifs is 24. The summed E-state index contributed by atoms with van der Waals surface area (Å²) >= 11 is 1.84. The van der Waals surface area contributed by atoms with Crippen molar-refractivity contribution in [1.82, 2.24) is 48.2 Å². The molecule has 0 bridgehead atoms. The summed E-state index contributed by atoms with van der Waals surface area (Å²) in [7, 11) is 0. The molecular weight excluding hydrogens is 1790 g/mol. The second-order valence-corrected chi connectivity index (χ2v) is 39.9. The van der Waals surface area contributed by atoms with Gasteiger partial charge in [0.2, 0.25) is 17.8 Å². The number of para-hydroxylation sites is 5. The predicted molar refractivity (Wildman–Crippen MR) is 612 cm³/mol. The minimum atomic E-state index is -0.0559. The van der Waals surface area contributed by atoms with Crippen LogP contribution in [-0.2, 0) is 5.41 Å². The van der Waals surface area contributed by atoms with Crippen molar-refractivity contribution in [3.63, 3.8) is 0 Å². The highest BCUT2D eigenvalue weighted by Gasteiger charge is 2.36. The quantitative estimate of drug-likeness (QED) is 0.135. The molecule has 11 heteroatoms. The first-order valence-electron chi connectivity index (χ1n) is 49.8. The summed E-state index contributed by atoms with van der Waals surface area (Å²) in [5.74, 6) is 2.00. The third kappa shape index (κ3) is 13.8. The maximum Gasteiger partial charge on any atom is 0.235 e. The number of hydrogen-bond donors (Lipinski definition) is 0. The molecular formula is C135H86N10S. The van der Waals surface area contributed by atoms with Crippen LogP contribution in [0.15, 0.2) is 485 Å². The van der Waals surface area contributed by atoms with E-state index in [9.17, 15) is 0 Å². The van der Waals surface area contributed by atoms with Crippen molar-refractivity contribution in [3.05, 3.63) is 496 Å². The minimum absolute atomic E-state index is 0.0559. The van der Waals surface area contributed by atoms with Crippen LogP contribution in [0.3, 0.4) is 0 Å². The van der Waals surface area contributed by atoms with Crippen molar-refractivity contribution in [3.8, 4) is 102 Å². The van der Waals surface area contributed by atoms with E-state index in [1.54, 1.807) is 0 Å². The van der Waals surface area contributed by atoms with E-state index in [1.165, 1.54) is 134 Å². The molecule has 22 aromatic carbocycles. The fourth-order valence-electron chi connectivity index (χ4n) is 23.1. The maximum atomic E-state index is 5.49. The van der Waals surface area contributed by atoms with Crippen LogP contribution < -0.4 is 0 Å².